The van der Waals surface area contributed by atoms with Gasteiger partial charge in [0, 0.05) is 12.6 Å². The maximum atomic E-state index is 13.2. The number of hydrogen-bond donors (Lipinski definition) is 1. The third-order valence-electron chi connectivity index (χ3n) is 4.92. The number of fused-ring (bicyclic) bond motifs is 1. The van der Waals surface area contributed by atoms with Crippen LogP contribution < -0.4 is 14.3 Å². The number of hydrogen-bond acceptors (Lipinski definition) is 5. The van der Waals surface area contributed by atoms with E-state index >= 15 is 0 Å². The van der Waals surface area contributed by atoms with Crippen molar-refractivity contribution in [1.29, 1.82) is 0 Å². The first-order chi connectivity index (χ1) is 14.2. The van der Waals surface area contributed by atoms with Crippen LogP contribution in [0.2, 0.25) is 0 Å². The van der Waals surface area contributed by atoms with Crippen molar-refractivity contribution < 1.29 is 13.2 Å². The summed E-state index contributed by atoms with van der Waals surface area (Å²) in [5.41, 5.74) is 1.66. The Bertz CT molecular complexity index is 1160. The molecule has 0 unspecified atom stereocenters. The molecular weight excluding hydrogens is 420 g/mol. The molecular formula is C22H28N2O4S2. The molecule has 2 aromatic carbocycles. The fourth-order valence-electron chi connectivity index (χ4n) is 3.46. The molecule has 0 fully saturated rings. The highest BCUT2D eigenvalue weighted by molar-refractivity contribution is 7.89. The molecule has 3 rings (SSSR count). The molecule has 1 aromatic heterocycles. The van der Waals surface area contributed by atoms with E-state index in [1.165, 1.54) is 0 Å². The molecule has 0 saturated heterocycles. The molecule has 8 heteroatoms. The predicted molar refractivity (Wildman–Crippen MR) is 122 cm³/mol. The van der Waals surface area contributed by atoms with Gasteiger partial charge in [-0.1, -0.05) is 44.2 Å². The van der Waals surface area contributed by atoms with Gasteiger partial charge in [0.15, 0.2) is 0 Å². The van der Waals surface area contributed by atoms with E-state index in [-0.39, 0.29) is 15.8 Å². The molecule has 0 radical (unpaired) electrons. The van der Waals surface area contributed by atoms with Gasteiger partial charge in [0.25, 0.3) is 0 Å². The zero-order valence-electron chi connectivity index (χ0n) is 17.7. The molecule has 1 N–H and O–H groups in total. The van der Waals surface area contributed by atoms with Crippen LogP contribution in [-0.4, -0.2) is 20.1 Å². The highest BCUT2D eigenvalue weighted by Gasteiger charge is 2.23. The molecule has 1 heterocycles. The van der Waals surface area contributed by atoms with E-state index < -0.39 is 10.0 Å². The summed E-state index contributed by atoms with van der Waals surface area (Å²) in [6.45, 7) is 6.75. The highest BCUT2D eigenvalue weighted by atomic mass is 32.2. The van der Waals surface area contributed by atoms with Gasteiger partial charge >= 0.3 is 4.87 Å². The van der Waals surface area contributed by atoms with Crippen LogP contribution in [0.5, 0.6) is 5.75 Å². The average Bonchev–Trinajstić information content (AvgIpc) is 3.02. The third kappa shape index (κ3) is 4.94. The van der Waals surface area contributed by atoms with Crippen molar-refractivity contribution >= 4 is 31.6 Å². The Balaban J connectivity index is 1.94. The van der Waals surface area contributed by atoms with Crippen molar-refractivity contribution in [2.75, 3.05) is 7.11 Å². The van der Waals surface area contributed by atoms with Crippen LogP contribution in [0.15, 0.2) is 52.2 Å². The van der Waals surface area contributed by atoms with Crippen molar-refractivity contribution in [3.05, 3.63) is 57.7 Å². The zero-order valence-corrected chi connectivity index (χ0v) is 19.3. The Morgan fingerprint density at radius 2 is 1.83 bits per heavy atom. The Morgan fingerprint density at radius 1 is 1.13 bits per heavy atom. The van der Waals surface area contributed by atoms with Gasteiger partial charge in [0.2, 0.25) is 10.0 Å². The molecule has 0 saturated carbocycles. The minimum Gasteiger partial charge on any atom is -0.497 e. The summed E-state index contributed by atoms with van der Waals surface area (Å²) in [6, 6.07) is 12.0. The number of aromatic nitrogens is 1. The van der Waals surface area contributed by atoms with Gasteiger partial charge in [-0.15, -0.1) is 0 Å². The van der Waals surface area contributed by atoms with E-state index in [4.69, 9.17) is 4.74 Å². The minimum atomic E-state index is -3.76. The number of thiazole rings is 1. The summed E-state index contributed by atoms with van der Waals surface area (Å²) in [5.74, 6) is 1.03. The quantitative estimate of drug-likeness (QED) is 0.521. The number of nitrogens with one attached hydrogen (secondary N) is 1. The number of nitrogens with zero attached hydrogens (tertiary/aromatic N) is 1. The molecule has 0 aliphatic heterocycles. The van der Waals surface area contributed by atoms with Gasteiger partial charge in [-0.05, 0) is 54.7 Å². The van der Waals surface area contributed by atoms with Crippen molar-refractivity contribution in [2.24, 2.45) is 5.92 Å². The van der Waals surface area contributed by atoms with Gasteiger partial charge in [-0.25, -0.2) is 13.1 Å². The van der Waals surface area contributed by atoms with Gasteiger partial charge in [0.1, 0.15) is 5.75 Å². The molecule has 0 aliphatic rings. The van der Waals surface area contributed by atoms with Crippen LogP contribution in [0.3, 0.4) is 0 Å². The Labute approximate surface area is 181 Å². The van der Waals surface area contributed by atoms with Crippen LogP contribution in [0.1, 0.15) is 45.2 Å². The number of rotatable bonds is 9. The lowest BCUT2D eigenvalue weighted by Crippen LogP contribution is -2.29. The van der Waals surface area contributed by atoms with E-state index in [2.05, 4.69) is 18.6 Å². The van der Waals surface area contributed by atoms with E-state index in [1.54, 1.807) is 29.9 Å². The van der Waals surface area contributed by atoms with Gasteiger partial charge in [-0.3, -0.25) is 9.36 Å². The fraction of sp³-hybridized carbons (Fsp3) is 0.409. The van der Waals surface area contributed by atoms with E-state index in [0.717, 1.165) is 34.6 Å². The van der Waals surface area contributed by atoms with Crippen LogP contribution in [-0.2, 0) is 16.6 Å². The standard InChI is InChI=1S/C22H28N2O4S2/c1-5-12-24-20-11-10-18(14-21(20)29-22(24)25)30(26,27)23-19(13-15(2)3)16-6-8-17(28-4)9-7-16/h6-11,14-15,19,23H,5,12-13H2,1-4H3/t19-/m0/s1. The average molecular weight is 449 g/mol. The first kappa shape index (κ1) is 22.5. The Morgan fingerprint density at radius 3 is 2.43 bits per heavy atom. The van der Waals surface area contributed by atoms with Gasteiger partial charge in [-0.2, -0.15) is 0 Å². The summed E-state index contributed by atoms with van der Waals surface area (Å²) in [5, 5.41) is 0. The van der Waals surface area contributed by atoms with Crippen molar-refractivity contribution in [3.8, 4) is 5.75 Å². The summed E-state index contributed by atoms with van der Waals surface area (Å²) in [7, 11) is -2.16. The molecule has 6 nitrogen and oxygen atoms in total. The minimum absolute atomic E-state index is 0.0646. The summed E-state index contributed by atoms with van der Waals surface area (Å²) < 4.78 is 36.8. The van der Waals surface area contributed by atoms with Gasteiger partial charge in [0.05, 0.1) is 22.2 Å². The fourth-order valence-corrected chi connectivity index (χ4v) is 5.76. The lowest BCUT2D eigenvalue weighted by molar-refractivity contribution is 0.414. The van der Waals surface area contributed by atoms with Crippen molar-refractivity contribution in [3.63, 3.8) is 0 Å². The maximum absolute atomic E-state index is 13.2. The maximum Gasteiger partial charge on any atom is 0.308 e. The number of benzene rings is 2. The second-order valence-corrected chi connectivity index (χ2v) is 10.4. The molecule has 1 atom stereocenters. The first-order valence-electron chi connectivity index (χ1n) is 10.0. The normalized spacial score (nSPS) is 13.1. The second-order valence-electron chi connectivity index (χ2n) is 7.73. The smallest absolute Gasteiger partial charge is 0.308 e. The molecule has 0 spiro atoms. The Hall–Kier alpha value is -2.16. The third-order valence-corrected chi connectivity index (χ3v) is 7.33. The van der Waals surface area contributed by atoms with Crippen LogP contribution in [0, 0.1) is 5.92 Å². The topological polar surface area (TPSA) is 77.4 Å². The first-order valence-corrected chi connectivity index (χ1v) is 12.3. The lowest BCUT2D eigenvalue weighted by atomic mass is 9.98. The Kier molecular flexibility index (Phi) is 7.00. The van der Waals surface area contributed by atoms with Crippen molar-refractivity contribution in [2.45, 2.75) is 51.1 Å². The molecule has 30 heavy (non-hydrogen) atoms. The molecule has 162 valence electrons. The van der Waals surface area contributed by atoms with Gasteiger partial charge < -0.3 is 4.74 Å². The van der Waals surface area contributed by atoms with E-state index in [9.17, 15) is 13.2 Å². The number of aryl methyl sites for hydroxylation is 1. The monoisotopic (exact) mass is 448 g/mol. The second kappa shape index (κ2) is 9.32. The summed E-state index contributed by atoms with van der Waals surface area (Å²) in [6.07, 6.45) is 1.50. The van der Waals surface area contributed by atoms with Crippen molar-refractivity contribution in [1.82, 2.24) is 9.29 Å². The lowest BCUT2D eigenvalue weighted by Gasteiger charge is -2.21. The highest BCUT2D eigenvalue weighted by Crippen LogP contribution is 2.27. The number of ether oxygens (including phenoxy) is 1. The van der Waals surface area contributed by atoms with E-state index in [1.807, 2.05) is 31.2 Å². The summed E-state index contributed by atoms with van der Waals surface area (Å²) >= 11 is 1.08. The predicted octanol–water partition coefficient (Wildman–Crippen LogP) is 4.55. The molecule has 0 amide bonds. The van der Waals surface area contributed by atoms with Crippen LogP contribution >= 0.6 is 11.3 Å². The SMILES string of the molecule is CCCn1c(=O)sc2cc(S(=O)(=O)N[C@@H](CC(C)C)c3ccc(OC)cc3)ccc21. The summed E-state index contributed by atoms with van der Waals surface area (Å²) in [4.78, 5) is 12.3. The molecule has 0 aliphatic carbocycles. The van der Waals surface area contributed by atoms with E-state index in [0.29, 0.717) is 23.6 Å². The van der Waals surface area contributed by atoms with Crippen LogP contribution in [0.25, 0.3) is 10.2 Å². The molecule has 3 aromatic rings. The largest absolute Gasteiger partial charge is 0.497 e. The zero-order chi connectivity index (χ0) is 21.9. The number of methoxy groups -OCH3 is 1. The molecule has 0 bridgehead atoms. The number of sulfonamides is 1. The van der Waals surface area contributed by atoms with Crippen LogP contribution in [0.4, 0.5) is 0 Å².